The summed E-state index contributed by atoms with van der Waals surface area (Å²) < 4.78 is 14.6. The summed E-state index contributed by atoms with van der Waals surface area (Å²) in [6.45, 7) is 1.89. The van der Waals surface area contributed by atoms with Crippen molar-refractivity contribution in [3.05, 3.63) is 56.4 Å². The number of carbonyl (C=O) groups is 1. The number of aromatic nitrogens is 3. The summed E-state index contributed by atoms with van der Waals surface area (Å²) in [5.74, 6) is -0.389. The lowest BCUT2D eigenvalue weighted by Gasteiger charge is -2.17. The van der Waals surface area contributed by atoms with Crippen molar-refractivity contribution in [1.82, 2.24) is 20.4 Å². The number of halogens is 1. The highest BCUT2D eigenvalue weighted by atomic mass is 32.1. The summed E-state index contributed by atoms with van der Waals surface area (Å²) in [7, 11) is 0. The van der Waals surface area contributed by atoms with Gasteiger partial charge in [0.25, 0.3) is 11.5 Å². The monoisotopic (exact) mass is 399 g/mol. The van der Waals surface area contributed by atoms with E-state index in [0.29, 0.717) is 16.1 Å². The number of hydrogen-bond acceptors (Lipinski definition) is 6. The maximum Gasteiger partial charge on any atom is 0.279 e. The van der Waals surface area contributed by atoms with E-state index in [4.69, 9.17) is 0 Å². The van der Waals surface area contributed by atoms with E-state index in [1.807, 2.05) is 0 Å². The molecule has 0 saturated heterocycles. The third kappa shape index (κ3) is 3.57. The second kappa shape index (κ2) is 7.59. The number of rotatable bonds is 4. The third-order valence-corrected chi connectivity index (χ3v) is 5.91. The lowest BCUT2D eigenvalue weighted by Crippen LogP contribution is -2.32. The van der Waals surface area contributed by atoms with E-state index in [9.17, 15) is 14.0 Å². The highest BCUT2D eigenvalue weighted by molar-refractivity contribution is 7.18. The minimum Gasteiger partial charge on any atom is -0.271 e. The number of benzene rings is 1. The fourth-order valence-electron chi connectivity index (χ4n) is 3.32. The van der Waals surface area contributed by atoms with Crippen molar-refractivity contribution in [3.63, 3.8) is 0 Å². The molecule has 0 aliphatic heterocycles. The summed E-state index contributed by atoms with van der Waals surface area (Å²) in [4.78, 5) is 26.7. The van der Waals surface area contributed by atoms with Crippen LogP contribution >= 0.6 is 11.3 Å². The van der Waals surface area contributed by atoms with Crippen molar-refractivity contribution < 1.29 is 9.18 Å². The minimum absolute atomic E-state index is 0.250. The first-order valence-corrected chi connectivity index (χ1v) is 9.79. The van der Waals surface area contributed by atoms with E-state index >= 15 is 0 Å². The fraction of sp³-hybridized carbons (Fsp3) is 0.316. The molecule has 7 nitrogen and oxygen atoms in total. The summed E-state index contributed by atoms with van der Waals surface area (Å²) in [5.41, 5.74) is 3.26. The van der Waals surface area contributed by atoms with Gasteiger partial charge in [0.05, 0.1) is 11.6 Å². The quantitative estimate of drug-likeness (QED) is 0.538. The summed E-state index contributed by atoms with van der Waals surface area (Å²) in [6.07, 6.45) is 4.03. The molecule has 1 amide bonds. The van der Waals surface area contributed by atoms with Crippen molar-refractivity contribution in [2.75, 3.05) is 0 Å². The number of fused-ring (bicyclic) bond motifs is 3. The molecule has 0 fully saturated rings. The van der Waals surface area contributed by atoms with Crippen LogP contribution in [0.5, 0.6) is 0 Å². The first-order chi connectivity index (χ1) is 13.5. The molecule has 1 atom stereocenters. The van der Waals surface area contributed by atoms with Crippen LogP contribution in [-0.2, 0) is 24.2 Å². The van der Waals surface area contributed by atoms with Gasteiger partial charge in [-0.1, -0.05) is 30.3 Å². The number of carbonyl (C=O) groups excluding carboxylic acids is 1. The zero-order valence-electron chi connectivity index (χ0n) is 15.2. The SMILES string of the molecule is CC1CCc2c(sc3nnn(CC(=O)N/N=C/c4ccccc4F)c(=O)c23)C1. The third-order valence-electron chi connectivity index (χ3n) is 4.78. The molecular formula is C19H18FN5O2S. The number of nitrogens with one attached hydrogen (secondary N) is 1. The highest BCUT2D eigenvalue weighted by Gasteiger charge is 2.24. The van der Waals surface area contributed by atoms with Gasteiger partial charge < -0.3 is 0 Å². The summed E-state index contributed by atoms with van der Waals surface area (Å²) >= 11 is 1.51. The Kier molecular flexibility index (Phi) is 4.99. The average Bonchev–Trinajstić information content (AvgIpc) is 3.04. The van der Waals surface area contributed by atoms with Gasteiger partial charge in [-0.2, -0.15) is 5.10 Å². The molecule has 4 rings (SSSR count). The largest absolute Gasteiger partial charge is 0.279 e. The standard InChI is InChI=1S/C19H18FN5O2S/c1-11-6-7-13-15(8-11)28-18-17(13)19(27)25(24-23-18)10-16(26)22-21-9-12-4-2-3-5-14(12)20/h2-5,9,11H,6-8,10H2,1H3,(H,22,26)/b21-9+. The van der Waals surface area contributed by atoms with Crippen LogP contribution in [0.1, 0.15) is 29.3 Å². The second-order valence-electron chi connectivity index (χ2n) is 6.90. The van der Waals surface area contributed by atoms with Crippen LogP contribution < -0.4 is 11.0 Å². The normalized spacial score (nSPS) is 16.4. The first kappa shape index (κ1) is 18.4. The Labute approximate surface area is 163 Å². The topological polar surface area (TPSA) is 89.2 Å². The van der Waals surface area contributed by atoms with Gasteiger partial charge in [0.1, 0.15) is 12.4 Å². The molecule has 0 bridgehead atoms. The average molecular weight is 399 g/mol. The Morgan fingerprint density at radius 1 is 1.46 bits per heavy atom. The molecule has 2 aromatic heterocycles. The summed E-state index contributed by atoms with van der Waals surface area (Å²) in [5, 5.41) is 12.3. The van der Waals surface area contributed by atoms with Crippen LogP contribution in [0.15, 0.2) is 34.2 Å². The molecule has 1 aliphatic rings. The van der Waals surface area contributed by atoms with Crippen LogP contribution in [0.4, 0.5) is 4.39 Å². The van der Waals surface area contributed by atoms with Crippen molar-refractivity contribution in [3.8, 4) is 0 Å². The molecule has 2 heterocycles. The maximum absolute atomic E-state index is 13.5. The van der Waals surface area contributed by atoms with Crippen molar-refractivity contribution >= 4 is 33.7 Å². The molecule has 1 unspecified atom stereocenters. The number of aryl methyl sites for hydroxylation is 1. The van der Waals surface area contributed by atoms with Gasteiger partial charge in [0, 0.05) is 10.4 Å². The lowest BCUT2D eigenvalue weighted by atomic mass is 9.89. The summed E-state index contributed by atoms with van der Waals surface area (Å²) in [6, 6.07) is 6.07. The van der Waals surface area contributed by atoms with E-state index < -0.39 is 11.7 Å². The Morgan fingerprint density at radius 3 is 3.11 bits per heavy atom. The number of nitrogens with zero attached hydrogens (tertiary/aromatic N) is 4. The van der Waals surface area contributed by atoms with Gasteiger partial charge in [-0.15, -0.1) is 16.4 Å². The second-order valence-corrected chi connectivity index (χ2v) is 7.98. The van der Waals surface area contributed by atoms with E-state index in [2.05, 4.69) is 27.8 Å². The van der Waals surface area contributed by atoms with Crippen LogP contribution in [0.3, 0.4) is 0 Å². The molecule has 0 spiro atoms. The van der Waals surface area contributed by atoms with E-state index in [0.717, 1.165) is 29.5 Å². The van der Waals surface area contributed by atoms with Gasteiger partial charge in [-0.25, -0.2) is 14.5 Å². The van der Waals surface area contributed by atoms with Gasteiger partial charge in [-0.05, 0) is 36.8 Å². The molecule has 0 saturated carbocycles. The molecule has 3 aromatic rings. The fourth-order valence-corrected chi connectivity index (χ4v) is 4.64. The number of hydrazone groups is 1. The molecule has 144 valence electrons. The molecule has 1 aliphatic carbocycles. The van der Waals surface area contributed by atoms with Crippen LogP contribution in [0.2, 0.25) is 0 Å². The minimum atomic E-state index is -0.541. The lowest BCUT2D eigenvalue weighted by molar-refractivity contribution is -0.121. The molecule has 28 heavy (non-hydrogen) atoms. The van der Waals surface area contributed by atoms with Crippen molar-refractivity contribution in [2.24, 2.45) is 11.0 Å². The molecule has 1 aromatic carbocycles. The molecule has 1 N–H and O–H groups in total. The van der Waals surface area contributed by atoms with Crippen molar-refractivity contribution in [2.45, 2.75) is 32.7 Å². The van der Waals surface area contributed by atoms with Crippen molar-refractivity contribution in [1.29, 1.82) is 0 Å². The van der Waals surface area contributed by atoms with E-state index in [1.54, 1.807) is 12.1 Å². The predicted octanol–water partition coefficient (Wildman–Crippen LogP) is 2.27. The first-order valence-electron chi connectivity index (χ1n) is 8.97. The Bertz CT molecular complexity index is 1140. The van der Waals surface area contributed by atoms with Gasteiger partial charge in [0.15, 0.2) is 4.83 Å². The zero-order valence-corrected chi connectivity index (χ0v) is 16.0. The van der Waals surface area contributed by atoms with E-state index in [1.165, 1.54) is 34.6 Å². The molecule has 9 heteroatoms. The smallest absolute Gasteiger partial charge is 0.271 e. The van der Waals surface area contributed by atoms with Crippen LogP contribution in [0, 0.1) is 11.7 Å². The predicted molar refractivity (Wildman–Crippen MR) is 105 cm³/mol. The zero-order chi connectivity index (χ0) is 19.7. The number of thiophene rings is 1. The molecular weight excluding hydrogens is 381 g/mol. The van der Waals surface area contributed by atoms with Gasteiger partial charge >= 0.3 is 0 Å². The van der Waals surface area contributed by atoms with Gasteiger partial charge in [0.2, 0.25) is 0 Å². The van der Waals surface area contributed by atoms with Gasteiger partial charge in [-0.3, -0.25) is 9.59 Å². The Morgan fingerprint density at radius 2 is 2.29 bits per heavy atom. The maximum atomic E-state index is 13.5. The Balaban J connectivity index is 1.52. The van der Waals surface area contributed by atoms with Crippen LogP contribution in [0.25, 0.3) is 10.2 Å². The van der Waals surface area contributed by atoms with Crippen LogP contribution in [-0.4, -0.2) is 27.1 Å². The van der Waals surface area contributed by atoms with E-state index in [-0.39, 0.29) is 17.7 Å². The Hall–Kier alpha value is -2.94. The highest BCUT2D eigenvalue weighted by Crippen LogP contribution is 2.35. The number of amides is 1. The molecule has 0 radical (unpaired) electrons. The number of hydrogen-bond donors (Lipinski definition) is 1.